The maximum absolute atomic E-state index is 11.2. The summed E-state index contributed by atoms with van der Waals surface area (Å²) < 4.78 is 5.87. The third-order valence-corrected chi connectivity index (χ3v) is 4.12. The molecule has 0 saturated carbocycles. The molecule has 0 bridgehead atoms. The fraction of sp³-hybridized carbons (Fsp3) is 0. The van der Waals surface area contributed by atoms with Crippen molar-refractivity contribution in [2.45, 2.75) is 0 Å². The lowest BCUT2D eigenvalue weighted by Gasteiger charge is -2.03. The van der Waals surface area contributed by atoms with Gasteiger partial charge in [-0.25, -0.2) is 14.8 Å². The Labute approximate surface area is 145 Å². The van der Waals surface area contributed by atoms with Crippen molar-refractivity contribution >= 4 is 34.6 Å². The van der Waals surface area contributed by atoms with E-state index < -0.39 is 6.09 Å². The number of halogens is 1. The van der Waals surface area contributed by atoms with Gasteiger partial charge in [-0.2, -0.15) is 0 Å². The fourth-order valence-corrected chi connectivity index (χ4v) is 2.94. The Balaban J connectivity index is 2.19. The molecule has 0 saturated heterocycles. The number of primary amides is 1. The quantitative estimate of drug-likeness (QED) is 0.562. The lowest BCUT2D eigenvalue weighted by molar-refractivity contribution is 0.211. The van der Waals surface area contributed by atoms with Gasteiger partial charge in [-0.1, -0.05) is 30.3 Å². The standard InChI is InChI=1S/C15H12IN5O2/c16-10-12(9-6-7-19-14(17)20-9)21-11(13(10)23-15(18)22)8-4-2-1-3-5-8/h1-7,21H,(H2,18,22)(H2,17,19,20). The van der Waals surface area contributed by atoms with Gasteiger partial charge in [0.25, 0.3) is 0 Å². The van der Waals surface area contributed by atoms with Crippen LogP contribution in [-0.4, -0.2) is 21.0 Å². The summed E-state index contributed by atoms with van der Waals surface area (Å²) in [6.45, 7) is 0. The van der Waals surface area contributed by atoms with Gasteiger partial charge in [0.2, 0.25) is 5.95 Å². The van der Waals surface area contributed by atoms with Gasteiger partial charge in [0.05, 0.1) is 20.7 Å². The molecule has 8 heteroatoms. The molecule has 116 valence electrons. The van der Waals surface area contributed by atoms with E-state index in [-0.39, 0.29) is 5.95 Å². The summed E-state index contributed by atoms with van der Waals surface area (Å²) in [6.07, 6.45) is 0.679. The molecule has 2 heterocycles. The third-order valence-electron chi connectivity index (χ3n) is 3.09. The van der Waals surface area contributed by atoms with Crippen LogP contribution in [-0.2, 0) is 0 Å². The zero-order chi connectivity index (χ0) is 16.4. The van der Waals surface area contributed by atoms with Gasteiger partial charge in [0, 0.05) is 11.8 Å². The second-order valence-corrected chi connectivity index (χ2v) is 5.68. The van der Waals surface area contributed by atoms with E-state index in [0.717, 1.165) is 5.56 Å². The second-order valence-electron chi connectivity index (χ2n) is 4.61. The summed E-state index contributed by atoms with van der Waals surface area (Å²) in [5, 5.41) is 0. The number of aromatic nitrogens is 3. The van der Waals surface area contributed by atoms with E-state index in [1.165, 1.54) is 0 Å². The van der Waals surface area contributed by atoms with Crippen LogP contribution in [0.3, 0.4) is 0 Å². The van der Waals surface area contributed by atoms with Gasteiger partial charge in [0.1, 0.15) is 0 Å². The predicted molar refractivity (Wildman–Crippen MR) is 94.6 cm³/mol. The number of carbonyl (C=O) groups is 1. The van der Waals surface area contributed by atoms with Crippen LogP contribution < -0.4 is 16.2 Å². The summed E-state index contributed by atoms with van der Waals surface area (Å²) in [6, 6.07) is 11.2. The van der Waals surface area contributed by atoms with Crippen molar-refractivity contribution in [1.29, 1.82) is 0 Å². The Morgan fingerprint density at radius 3 is 2.57 bits per heavy atom. The van der Waals surface area contributed by atoms with E-state index in [0.29, 0.717) is 26.4 Å². The van der Waals surface area contributed by atoms with E-state index in [2.05, 4.69) is 37.5 Å². The molecule has 0 fully saturated rings. The number of hydrogen-bond acceptors (Lipinski definition) is 5. The molecule has 0 radical (unpaired) electrons. The molecule has 5 N–H and O–H groups in total. The fourth-order valence-electron chi connectivity index (χ4n) is 2.15. The Kier molecular flexibility index (Phi) is 4.15. The molecule has 1 amide bonds. The van der Waals surface area contributed by atoms with E-state index in [9.17, 15) is 4.79 Å². The average molecular weight is 421 g/mol. The molecule has 0 atom stereocenters. The van der Waals surface area contributed by atoms with Crippen LogP contribution in [0.2, 0.25) is 0 Å². The monoisotopic (exact) mass is 421 g/mol. The third kappa shape index (κ3) is 3.11. The summed E-state index contributed by atoms with van der Waals surface area (Å²) in [4.78, 5) is 22.5. The van der Waals surface area contributed by atoms with Crippen LogP contribution in [0.4, 0.5) is 10.7 Å². The first-order chi connectivity index (χ1) is 11.1. The molecule has 7 nitrogen and oxygen atoms in total. The summed E-state index contributed by atoms with van der Waals surface area (Å²) in [5.41, 5.74) is 13.6. The minimum Gasteiger partial charge on any atom is -0.407 e. The molecule has 3 rings (SSSR count). The molecular formula is C15H12IN5O2. The molecule has 0 aliphatic heterocycles. The van der Waals surface area contributed by atoms with Gasteiger partial charge in [-0.3, -0.25) is 0 Å². The van der Waals surface area contributed by atoms with Gasteiger partial charge < -0.3 is 21.2 Å². The topological polar surface area (TPSA) is 120 Å². The van der Waals surface area contributed by atoms with Gasteiger partial charge in [-0.05, 0) is 28.7 Å². The number of hydrogen-bond donors (Lipinski definition) is 3. The predicted octanol–water partition coefficient (Wildman–Crippen LogP) is 2.78. The Hall–Kier alpha value is -2.62. The van der Waals surface area contributed by atoms with Crippen molar-refractivity contribution in [3.8, 4) is 28.4 Å². The number of ether oxygens (including phenoxy) is 1. The smallest absolute Gasteiger partial charge is 0.407 e. The largest absolute Gasteiger partial charge is 0.410 e. The molecule has 0 spiro atoms. The number of nitrogens with zero attached hydrogens (tertiary/aromatic N) is 2. The number of benzene rings is 1. The number of H-pyrrole nitrogens is 1. The second kappa shape index (κ2) is 6.24. The number of amides is 1. The number of nitrogens with two attached hydrogens (primary N) is 2. The maximum Gasteiger partial charge on any atom is 0.410 e. The minimum absolute atomic E-state index is 0.159. The summed E-state index contributed by atoms with van der Waals surface area (Å²) >= 11 is 2.07. The number of aromatic amines is 1. The van der Waals surface area contributed by atoms with Crippen LogP contribution in [0.25, 0.3) is 22.6 Å². The molecule has 1 aromatic carbocycles. The van der Waals surface area contributed by atoms with Crippen molar-refractivity contribution in [2.75, 3.05) is 5.73 Å². The van der Waals surface area contributed by atoms with Crippen LogP contribution in [0, 0.1) is 3.57 Å². The zero-order valence-electron chi connectivity index (χ0n) is 11.8. The van der Waals surface area contributed by atoms with Crippen LogP contribution >= 0.6 is 22.6 Å². The highest BCUT2D eigenvalue weighted by Crippen LogP contribution is 2.39. The first kappa shape index (κ1) is 15.3. The zero-order valence-corrected chi connectivity index (χ0v) is 13.9. The molecule has 3 aromatic rings. The highest BCUT2D eigenvalue weighted by Gasteiger charge is 2.21. The van der Waals surface area contributed by atoms with Gasteiger partial charge >= 0.3 is 6.09 Å². The normalized spacial score (nSPS) is 10.5. The first-order valence-corrected chi connectivity index (χ1v) is 7.67. The van der Waals surface area contributed by atoms with Crippen LogP contribution in [0.1, 0.15) is 0 Å². The van der Waals surface area contributed by atoms with Gasteiger partial charge in [0.15, 0.2) is 5.75 Å². The van der Waals surface area contributed by atoms with Crippen molar-refractivity contribution < 1.29 is 9.53 Å². The number of rotatable bonds is 3. The Morgan fingerprint density at radius 1 is 1.17 bits per heavy atom. The van der Waals surface area contributed by atoms with Crippen molar-refractivity contribution in [2.24, 2.45) is 5.73 Å². The SMILES string of the molecule is NC(=O)Oc1c(-c2ccccc2)[nH]c(-c2ccnc(N)n2)c1I. The summed E-state index contributed by atoms with van der Waals surface area (Å²) in [5.74, 6) is 0.517. The number of nitrogens with one attached hydrogen (secondary N) is 1. The summed E-state index contributed by atoms with van der Waals surface area (Å²) in [7, 11) is 0. The Bertz CT molecular complexity index is 864. The minimum atomic E-state index is -0.882. The van der Waals surface area contributed by atoms with E-state index in [1.807, 2.05) is 30.3 Å². The number of nitrogen functional groups attached to an aromatic ring is 1. The molecule has 0 unspecified atom stereocenters. The van der Waals surface area contributed by atoms with E-state index >= 15 is 0 Å². The van der Waals surface area contributed by atoms with Crippen LogP contribution in [0.5, 0.6) is 5.75 Å². The number of carbonyl (C=O) groups excluding carboxylic acids is 1. The lowest BCUT2D eigenvalue weighted by Crippen LogP contribution is -2.16. The highest BCUT2D eigenvalue weighted by atomic mass is 127. The maximum atomic E-state index is 11.2. The van der Waals surface area contributed by atoms with E-state index in [4.69, 9.17) is 16.2 Å². The van der Waals surface area contributed by atoms with Crippen LogP contribution in [0.15, 0.2) is 42.6 Å². The molecule has 0 aliphatic carbocycles. The first-order valence-electron chi connectivity index (χ1n) is 6.59. The van der Waals surface area contributed by atoms with Gasteiger partial charge in [-0.15, -0.1) is 0 Å². The van der Waals surface area contributed by atoms with Crippen molar-refractivity contribution in [1.82, 2.24) is 15.0 Å². The molecular weight excluding hydrogens is 409 g/mol. The lowest BCUT2D eigenvalue weighted by atomic mass is 10.1. The van der Waals surface area contributed by atoms with Crippen molar-refractivity contribution in [3.63, 3.8) is 0 Å². The Morgan fingerprint density at radius 2 is 1.91 bits per heavy atom. The van der Waals surface area contributed by atoms with E-state index in [1.54, 1.807) is 12.3 Å². The molecule has 0 aliphatic rings. The number of anilines is 1. The van der Waals surface area contributed by atoms with Crippen molar-refractivity contribution in [3.05, 3.63) is 46.2 Å². The average Bonchev–Trinajstić information content (AvgIpc) is 2.85. The molecule has 2 aromatic heterocycles. The molecule has 23 heavy (non-hydrogen) atoms. The highest BCUT2D eigenvalue weighted by molar-refractivity contribution is 14.1.